The van der Waals surface area contributed by atoms with Gasteiger partial charge in [-0.3, -0.25) is 4.90 Å². The van der Waals surface area contributed by atoms with Crippen LogP contribution in [0.5, 0.6) is 5.75 Å². The summed E-state index contributed by atoms with van der Waals surface area (Å²) in [4.78, 5) is 2.45. The molecule has 0 aliphatic carbocycles. The Hall–Kier alpha value is -0.810. The zero-order chi connectivity index (χ0) is 14.7. The number of ether oxygens (including phenoxy) is 3. The summed E-state index contributed by atoms with van der Waals surface area (Å²) < 4.78 is 17.0. The van der Waals surface area contributed by atoms with Crippen molar-refractivity contribution < 1.29 is 14.2 Å². The van der Waals surface area contributed by atoms with Gasteiger partial charge in [-0.1, -0.05) is 12.1 Å². The number of morpholine rings is 1. The van der Waals surface area contributed by atoms with E-state index < -0.39 is 0 Å². The molecule has 2 fully saturated rings. The van der Waals surface area contributed by atoms with E-state index in [2.05, 4.69) is 11.0 Å². The number of hydrogen-bond donors (Lipinski definition) is 0. The van der Waals surface area contributed by atoms with Gasteiger partial charge in [-0.25, -0.2) is 0 Å². The molecule has 5 heteroatoms. The Morgan fingerprint density at radius 3 is 3.10 bits per heavy atom. The van der Waals surface area contributed by atoms with Crippen LogP contribution in [0.1, 0.15) is 12.0 Å². The molecule has 2 saturated heterocycles. The lowest BCUT2D eigenvalue weighted by Gasteiger charge is -2.33. The standard InChI is InChI=1S/C16H22ClNO3/c1-19-14-4-2-3-12(5-14)10-20-15-6-13-11-21-16(7-17)9-18(13)8-15/h2-5,13,15-16H,6-11H2,1H3/t13-,15-,16+/m1/s1. The normalized spacial score (nSPS) is 29.3. The number of rotatable bonds is 5. The van der Waals surface area contributed by atoms with E-state index in [4.69, 9.17) is 25.8 Å². The van der Waals surface area contributed by atoms with E-state index in [1.54, 1.807) is 7.11 Å². The molecule has 1 aromatic rings. The molecule has 0 unspecified atom stereocenters. The predicted octanol–water partition coefficient (Wildman–Crippen LogP) is 2.29. The number of nitrogens with zero attached hydrogens (tertiary/aromatic N) is 1. The summed E-state index contributed by atoms with van der Waals surface area (Å²) in [6.45, 7) is 3.30. The second kappa shape index (κ2) is 6.97. The molecule has 0 N–H and O–H groups in total. The molecule has 0 spiro atoms. The fourth-order valence-electron chi connectivity index (χ4n) is 3.09. The van der Waals surface area contributed by atoms with E-state index >= 15 is 0 Å². The third-order valence-corrected chi connectivity index (χ3v) is 4.59. The van der Waals surface area contributed by atoms with Crippen LogP contribution < -0.4 is 4.74 Å². The van der Waals surface area contributed by atoms with Crippen LogP contribution in [0.2, 0.25) is 0 Å². The second-order valence-electron chi connectivity index (χ2n) is 5.74. The maximum absolute atomic E-state index is 6.06. The van der Waals surface area contributed by atoms with Gasteiger partial charge in [0.1, 0.15) is 5.75 Å². The van der Waals surface area contributed by atoms with E-state index in [0.29, 0.717) is 18.5 Å². The molecule has 3 atom stereocenters. The first-order valence-corrected chi connectivity index (χ1v) is 7.98. The quantitative estimate of drug-likeness (QED) is 0.781. The average molecular weight is 312 g/mol. The van der Waals surface area contributed by atoms with Crippen LogP contribution in [-0.2, 0) is 16.1 Å². The van der Waals surface area contributed by atoms with Crippen molar-refractivity contribution in [1.29, 1.82) is 0 Å². The lowest BCUT2D eigenvalue weighted by atomic mass is 10.2. The van der Waals surface area contributed by atoms with Crippen LogP contribution in [0.15, 0.2) is 24.3 Å². The summed E-state index contributed by atoms with van der Waals surface area (Å²) in [5.41, 5.74) is 1.15. The minimum absolute atomic E-state index is 0.167. The lowest BCUT2D eigenvalue weighted by molar-refractivity contribution is -0.0377. The molecule has 21 heavy (non-hydrogen) atoms. The molecule has 2 heterocycles. The van der Waals surface area contributed by atoms with E-state index in [1.165, 1.54) is 0 Å². The molecule has 3 rings (SSSR count). The highest BCUT2D eigenvalue weighted by Crippen LogP contribution is 2.26. The Kier molecular flexibility index (Phi) is 5.01. The highest BCUT2D eigenvalue weighted by atomic mass is 35.5. The van der Waals surface area contributed by atoms with Gasteiger partial charge in [-0.05, 0) is 24.1 Å². The first-order valence-electron chi connectivity index (χ1n) is 7.44. The number of methoxy groups -OCH3 is 1. The minimum Gasteiger partial charge on any atom is -0.497 e. The summed E-state index contributed by atoms with van der Waals surface area (Å²) in [6, 6.07) is 8.52. The van der Waals surface area contributed by atoms with Crippen molar-refractivity contribution in [3.05, 3.63) is 29.8 Å². The summed E-state index contributed by atoms with van der Waals surface area (Å²) in [6.07, 6.45) is 1.48. The third-order valence-electron chi connectivity index (χ3n) is 4.24. The number of fused-ring (bicyclic) bond motifs is 1. The fraction of sp³-hybridized carbons (Fsp3) is 0.625. The number of halogens is 1. The molecule has 0 bridgehead atoms. The minimum atomic E-state index is 0.167. The molecule has 4 nitrogen and oxygen atoms in total. The highest BCUT2D eigenvalue weighted by molar-refractivity contribution is 6.18. The number of hydrogen-bond acceptors (Lipinski definition) is 4. The first-order chi connectivity index (χ1) is 10.3. The molecule has 0 aromatic heterocycles. The summed E-state index contributed by atoms with van der Waals surface area (Å²) in [5, 5.41) is 0. The molecule has 0 amide bonds. The summed E-state index contributed by atoms with van der Waals surface area (Å²) in [7, 11) is 1.68. The maximum Gasteiger partial charge on any atom is 0.119 e. The van der Waals surface area contributed by atoms with Crippen LogP contribution in [0.4, 0.5) is 0 Å². The molecule has 116 valence electrons. The van der Waals surface area contributed by atoms with E-state index in [1.807, 2.05) is 18.2 Å². The zero-order valence-corrected chi connectivity index (χ0v) is 13.1. The summed E-state index contributed by atoms with van der Waals surface area (Å²) >= 11 is 5.88. The molecule has 0 saturated carbocycles. The van der Waals surface area contributed by atoms with Crippen LogP contribution in [0.25, 0.3) is 0 Å². The second-order valence-corrected chi connectivity index (χ2v) is 6.05. The van der Waals surface area contributed by atoms with Gasteiger partial charge in [0.25, 0.3) is 0 Å². The Labute approximate surface area is 130 Å². The van der Waals surface area contributed by atoms with Gasteiger partial charge in [-0.15, -0.1) is 11.6 Å². The lowest BCUT2D eigenvalue weighted by Crippen LogP contribution is -2.46. The van der Waals surface area contributed by atoms with Gasteiger partial charge in [0, 0.05) is 25.0 Å². The van der Waals surface area contributed by atoms with Crippen molar-refractivity contribution >= 4 is 11.6 Å². The molecular weight excluding hydrogens is 290 g/mol. The van der Waals surface area contributed by atoms with Crippen molar-refractivity contribution in [3.8, 4) is 5.75 Å². The molecule has 2 aliphatic rings. The smallest absolute Gasteiger partial charge is 0.119 e. The largest absolute Gasteiger partial charge is 0.497 e. The molecule has 0 radical (unpaired) electrons. The van der Waals surface area contributed by atoms with E-state index in [-0.39, 0.29) is 12.2 Å². The van der Waals surface area contributed by atoms with Crippen LogP contribution in [0, 0.1) is 0 Å². The highest BCUT2D eigenvalue weighted by Gasteiger charge is 2.37. The van der Waals surface area contributed by atoms with Gasteiger partial charge in [0.2, 0.25) is 0 Å². The Balaban J connectivity index is 1.50. The molecule has 2 aliphatic heterocycles. The van der Waals surface area contributed by atoms with Crippen molar-refractivity contribution in [2.24, 2.45) is 0 Å². The van der Waals surface area contributed by atoms with Crippen molar-refractivity contribution in [2.75, 3.05) is 32.7 Å². The van der Waals surface area contributed by atoms with Gasteiger partial charge < -0.3 is 14.2 Å². The van der Waals surface area contributed by atoms with Crippen molar-refractivity contribution in [3.63, 3.8) is 0 Å². The molecule has 1 aromatic carbocycles. The SMILES string of the molecule is COc1cccc(CO[C@@H]2C[C@@H]3CO[C@@H](CCl)CN3C2)c1. The van der Waals surface area contributed by atoms with Crippen LogP contribution in [0.3, 0.4) is 0 Å². The first kappa shape index (κ1) is 15.1. The predicted molar refractivity (Wildman–Crippen MR) is 82.0 cm³/mol. The van der Waals surface area contributed by atoms with E-state index in [9.17, 15) is 0 Å². The number of benzene rings is 1. The Bertz CT molecular complexity index is 471. The Morgan fingerprint density at radius 1 is 1.38 bits per heavy atom. The van der Waals surface area contributed by atoms with Crippen LogP contribution >= 0.6 is 11.6 Å². The van der Waals surface area contributed by atoms with Gasteiger partial charge in [-0.2, -0.15) is 0 Å². The van der Waals surface area contributed by atoms with Crippen molar-refractivity contribution in [2.45, 2.75) is 31.3 Å². The van der Waals surface area contributed by atoms with Crippen LogP contribution in [-0.4, -0.2) is 55.8 Å². The topological polar surface area (TPSA) is 30.9 Å². The van der Waals surface area contributed by atoms with E-state index in [0.717, 1.165) is 37.4 Å². The monoisotopic (exact) mass is 311 g/mol. The van der Waals surface area contributed by atoms with Gasteiger partial charge >= 0.3 is 0 Å². The Morgan fingerprint density at radius 2 is 2.29 bits per heavy atom. The fourth-order valence-corrected chi connectivity index (χ4v) is 3.27. The third kappa shape index (κ3) is 3.69. The van der Waals surface area contributed by atoms with Gasteiger partial charge in [0.05, 0.1) is 32.5 Å². The number of alkyl halides is 1. The molecular formula is C16H22ClNO3. The summed E-state index contributed by atoms with van der Waals surface area (Å²) in [5.74, 6) is 1.44. The zero-order valence-electron chi connectivity index (χ0n) is 12.3. The van der Waals surface area contributed by atoms with Gasteiger partial charge in [0.15, 0.2) is 0 Å². The maximum atomic E-state index is 6.06. The van der Waals surface area contributed by atoms with Crippen molar-refractivity contribution in [1.82, 2.24) is 4.90 Å². The average Bonchev–Trinajstić information content (AvgIpc) is 2.95.